The number of ether oxygens (including phenoxy) is 1. The van der Waals surface area contributed by atoms with Gasteiger partial charge in [-0.05, 0) is 47.0 Å². The summed E-state index contributed by atoms with van der Waals surface area (Å²) in [4.78, 5) is 29.2. The Morgan fingerprint density at radius 2 is 1.92 bits per heavy atom. The van der Waals surface area contributed by atoms with E-state index in [1.54, 1.807) is 9.58 Å². The first-order valence-corrected chi connectivity index (χ1v) is 9.51. The molecule has 1 unspecified atom stereocenters. The number of hydrogen-bond acceptors (Lipinski definition) is 4. The molecule has 144 valence electrons. The molecule has 0 N–H and O–H groups in total. The monoisotopic (exact) mass is 362 g/mol. The van der Waals surface area contributed by atoms with E-state index < -0.39 is 5.60 Å². The van der Waals surface area contributed by atoms with Crippen LogP contribution in [0.15, 0.2) is 0 Å². The van der Waals surface area contributed by atoms with E-state index in [0.29, 0.717) is 25.2 Å². The highest BCUT2D eigenvalue weighted by atomic mass is 16.6. The minimum Gasteiger partial charge on any atom is -0.444 e. The van der Waals surface area contributed by atoms with Crippen LogP contribution in [0.2, 0.25) is 0 Å². The number of carbonyl (C=O) groups excluding carboxylic acids is 2. The Labute approximate surface area is 155 Å². The van der Waals surface area contributed by atoms with Crippen LogP contribution in [-0.2, 0) is 24.8 Å². The van der Waals surface area contributed by atoms with Gasteiger partial charge in [-0.25, -0.2) is 4.79 Å². The zero-order chi connectivity index (χ0) is 19.1. The average molecular weight is 362 g/mol. The van der Waals surface area contributed by atoms with Crippen molar-refractivity contribution in [2.24, 2.45) is 7.05 Å². The second-order valence-electron chi connectivity index (χ2n) is 8.39. The number of piperidine rings is 1. The number of aryl methyl sites for hydroxylation is 1. The SMILES string of the molecule is CC1CCCCN1C(=O)c1nn(C)c2c1CN(C(=O)OC(C)(C)C)CC2. The van der Waals surface area contributed by atoms with Crippen LogP contribution in [0.5, 0.6) is 0 Å². The van der Waals surface area contributed by atoms with Gasteiger partial charge >= 0.3 is 6.09 Å². The van der Waals surface area contributed by atoms with Gasteiger partial charge in [0.1, 0.15) is 5.60 Å². The number of hydrogen-bond donors (Lipinski definition) is 0. The fourth-order valence-electron chi connectivity index (χ4n) is 3.78. The zero-order valence-electron chi connectivity index (χ0n) is 16.5. The number of rotatable bonds is 1. The molecule has 2 amide bonds. The van der Waals surface area contributed by atoms with Crippen LogP contribution in [0.3, 0.4) is 0 Å². The van der Waals surface area contributed by atoms with Crippen molar-refractivity contribution in [3.05, 3.63) is 17.0 Å². The molecule has 2 aliphatic heterocycles. The van der Waals surface area contributed by atoms with E-state index in [0.717, 1.165) is 37.1 Å². The van der Waals surface area contributed by atoms with Crippen LogP contribution in [0.4, 0.5) is 4.79 Å². The van der Waals surface area contributed by atoms with Crippen molar-refractivity contribution in [2.75, 3.05) is 13.1 Å². The first kappa shape index (κ1) is 18.7. The van der Waals surface area contributed by atoms with Gasteiger partial charge in [0, 0.05) is 43.9 Å². The number of likely N-dealkylation sites (tertiary alicyclic amines) is 1. The van der Waals surface area contributed by atoms with E-state index in [2.05, 4.69) is 12.0 Å². The lowest BCUT2D eigenvalue weighted by Crippen LogP contribution is -2.43. The fraction of sp³-hybridized carbons (Fsp3) is 0.737. The summed E-state index contributed by atoms with van der Waals surface area (Å²) in [5, 5.41) is 4.52. The smallest absolute Gasteiger partial charge is 0.410 e. The molecule has 7 heteroatoms. The molecule has 0 aliphatic carbocycles. The highest BCUT2D eigenvalue weighted by molar-refractivity contribution is 5.94. The normalized spacial score (nSPS) is 20.7. The summed E-state index contributed by atoms with van der Waals surface area (Å²) in [7, 11) is 1.87. The molecule has 0 saturated carbocycles. The minimum absolute atomic E-state index is 0.0138. The second-order valence-corrected chi connectivity index (χ2v) is 8.39. The number of nitrogens with zero attached hydrogens (tertiary/aromatic N) is 4. The number of amides is 2. The van der Waals surface area contributed by atoms with E-state index in [1.165, 1.54) is 0 Å². The molecule has 1 atom stereocenters. The van der Waals surface area contributed by atoms with Crippen molar-refractivity contribution in [3.8, 4) is 0 Å². The summed E-state index contributed by atoms with van der Waals surface area (Å²) in [6.45, 7) is 9.41. The molecule has 0 radical (unpaired) electrons. The molecule has 0 spiro atoms. The van der Waals surface area contributed by atoms with Gasteiger partial charge in [-0.2, -0.15) is 5.10 Å². The second kappa shape index (κ2) is 6.93. The maximum Gasteiger partial charge on any atom is 0.410 e. The van der Waals surface area contributed by atoms with Crippen LogP contribution in [0.1, 0.15) is 68.7 Å². The summed E-state index contributed by atoms with van der Waals surface area (Å²) in [6, 6.07) is 0.236. The van der Waals surface area contributed by atoms with Crippen molar-refractivity contribution >= 4 is 12.0 Å². The van der Waals surface area contributed by atoms with E-state index >= 15 is 0 Å². The van der Waals surface area contributed by atoms with Gasteiger partial charge in [-0.15, -0.1) is 0 Å². The molecule has 2 aliphatic rings. The third-order valence-corrected chi connectivity index (χ3v) is 5.16. The quantitative estimate of drug-likeness (QED) is 0.770. The molecule has 3 rings (SSSR count). The number of fused-ring (bicyclic) bond motifs is 1. The Bertz CT molecular complexity index is 704. The molecule has 26 heavy (non-hydrogen) atoms. The van der Waals surface area contributed by atoms with Crippen LogP contribution in [0.25, 0.3) is 0 Å². The summed E-state index contributed by atoms with van der Waals surface area (Å²) >= 11 is 0. The van der Waals surface area contributed by atoms with Crippen molar-refractivity contribution < 1.29 is 14.3 Å². The highest BCUT2D eigenvalue weighted by Gasteiger charge is 2.34. The van der Waals surface area contributed by atoms with Crippen molar-refractivity contribution in [2.45, 2.75) is 71.6 Å². The zero-order valence-corrected chi connectivity index (χ0v) is 16.5. The van der Waals surface area contributed by atoms with E-state index in [1.807, 2.05) is 32.7 Å². The lowest BCUT2D eigenvalue weighted by atomic mass is 10.0. The molecular formula is C19H30N4O3. The third kappa shape index (κ3) is 3.71. The Morgan fingerprint density at radius 1 is 1.19 bits per heavy atom. The van der Waals surface area contributed by atoms with Crippen molar-refractivity contribution in [3.63, 3.8) is 0 Å². The Morgan fingerprint density at radius 3 is 2.58 bits per heavy atom. The van der Waals surface area contributed by atoms with Crippen LogP contribution >= 0.6 is 0 Å². The van der Waals surface area contributed by atoms with Gasteiger partial charge in [0.15, 0.2) is 5.69 Å². The lowest BCUT2D eigenvalue weighted by molar-refractivity contribution is 0.0220. The predicted molar refractivity (Wildman–Crippen MR) is 97.9 cm³/mol. The summed E-state index contributed by atoms with van der Waals surface area (Å²) in [5.74, 6) is -0.0138. The Balaban J connectivity index is 1.83. The summed E-state index contributed by atoms with van der Waals surface area (Å²) < 4.78 is 7.29. The van der Waals surface area contributed by atoms with E-state index in [9.17, 15) is 9.59 Å². The average Bonchev–Trinajstić information content (AvgIpc) is 2.89. The predicted octanol–water partition coefficient (Wildman–Crippen LogP) is 2.73. The molecule has 1 aromatic heterocycles. The summed E-state index contributed by atoms with van der Waals surface area (Å²) in [6.07, 6.45) is 3.58. The van der Waals surface area contributed by atoms with Crippen molar-refractivity contribution in [1.82, 2.24) is 19.6 Å². The molecule has 1 fully saturated rings. The van der Waals surface area contributed by atoms with Crippen LogP contribution in [0, 0.1) is 0 Å². The van der Waals surface area contributed by atoms with Gasteiger partial charge in [-0.3, -0.25) is 9.48 Å². The maximum absolute atomic E-state index is 13.1. The van der Waals surface area contributed by atoms with Gasteiger partial charge < -0.3 is 14.5 Å². The fourth-order valence-corrected chi connectivity index (χ4v) is 3.78. The largest absolute Gasteiger partial charge is 0.444 e. The first-order chi connectivity index (χ1) is 12.2. The van der Waals surface area contributed by atoms with Crippen LogP contribution < -0.4 is 0 Å². The Kier molecular flexibility index (Phi) is 4.99. The lowest BCUT2D eigenvalue weighted by Gasteiger charge is -2.34. The van der Waals surface area contributed by atoms with E-state index in [-0.39, 0.29) is 18.0 Å². The van der Waals surface area contributed by atoms with Crippen molar-refractivity contribution in [1.29, 1.82) is 0 Å². The number of carbonyl (C=O) groups is 2. The maximum atomic E-state index is 13.1. The molecule has 1 aromatic rings. The highest BCUT2D eigenvalue weighted by Crippen LogP contribution is 2.26. The molecule has 7 nitrogen and oxygen atoms in total. The molecule has 1 saturated heterocycles. The van der Waals surface area contributed by atoms with Gasteiger partial charge in [0.2, 0.25) is 0 Å². The van der Waals surface area contributed by atoms with E-state index in [4.69, 9.17) is 4.74 Å². The molecule has 0 aromatic carbocycles. The molecule has 3 heterocycles. The van der Waals surface area contributed by atoms with Gasteiger partial charge in [-0.1, -0.05) is 0 Å². The standard InChI is InChI=1S/C19H30N4O3/c1-13-8-6-7-10-23(13)17(24)16-14-12-22(18(25)26-19(2,3)4)11-9-15(14)21(5)20-16/h13H,6-12H2,1-5H3. The summed E-state index contributed by atoms with van der Waals surface area (Å²) in [5.41, 5.74) is 1.86. The first-order valence-electron chi connectivity index (χ1n) is 9.51. The number of aromatic nitrogens is 2. The topological polar surface area (TPSA) is 67.7 Å². The van der Waals surface area contributed by atoms with Crippen LogP contribution in [-0.4, -0.2) is 56.3 Å². The molecule has 0 bridgehead atoms. The molecular weight excluding hydrogens is 332 g/mol. The third-order valence-electron chi connectivity index (χ3n) is 5.16. The minimum atomic E-state index is -0.534. The Hall–Kier alpha value is -2.05. The van der Waals surface area contributed by atoms with Gasteiger partial charge in [0.25, 0.3) is 5.91 Å². The van der Waals surface area contributed by atoms with Gasteiger partial charge in [0.05, 0.1) is 6.54 Å².